The third-order valence-corrected chi connectivity index (χ3v) is 3.03. The highest BCUT2D eigenvalue weighted by atomic mass is 19.2. The van der Waals surface area contributed by atoms with Crippen LogP contribution in [-0.2, 0) is 11.2 Å². The smallest absolute Gasteiger partial charge is 0.335 e. The highest BCUT2D eigenvalue weighted by Gasteiger charge is 2.19. The van der Waals surface area contributed by atoms with Crippen molar-refractivity contribution in [3.05, 3.63) is 47.7 Å². The SMILES string of the molecule is C=CC(=O)Oc1c(C)c(CC)nc2ccc(F)c(F)c12. The minimum Gasteiger partial charge on any atom is -0.422 e. The van der Waals surface area contributed by atoms with Gasteiger partial charge < -0.3 is 4.74 Å². The molecule has 0 N–H and O–H groups in total. The second kappa shape index (κ2) is 5.36. The number of ether oxygens (including phenoxy) is 1. The highest BCUT2D eigenvalue weighted by molar-refractivity contribution is 5.92. The second-order valence-corrected chi connectivity index (χ2v) is 4.25. The lowest BCUT2D eigenvalue weighted by atomic mass is 10.1. The number of aromatic nitrogens is 1. The normalized spacial score (nSPS) is 10.6. The first-order valence-corrected chi connectivity index (χ1v) is 6.11. The van der Waals surface area contributed by atoms with Gasteiger partial charge in [0.05, 0.1) is 10.9 Å². The van der Waals surface area contributed by atoms with Crippen molar-refractivity contribution in [1.82, 2.24) is 4.98 Å². The summed E-state index contributed by atoms with van der Waals surface area (Å²) >= 11 is 0. The van der Waals surface area contributed by atoms with E-state index in [1.807, 2.05) is 6.92 Å². The summed E-state index contributed by atoms with van der Waals surface area (Å²) in [5.41, 5.74) is 1.42. The standard InChI is InChI=1S/C15H13F2NO2/c1-4-10-8(3)15(20-12(19)5-2)13-11(18-10)7-6-9(16)14(13)17/h5-7H,2,4H2,1,3H3. The van der Waals surface area contributed by atoms with Gasteiger partial charge in [-0.15, -0.1) is 0 Å². The first-order valence-electron chi connectivity index (χ1n) is 6.11. The van der Waals surface area contributed by atoms with Crippen LogP contribution in [0.4, 0.5) is 8.78 Å². The Morgan fingerprint density at radius 1 is 1.45 bits per heavy atom. The van der Waals surface area contributed by atoms with Crippen molar-refractivity contribution in [3.8, 4) is 5.75 Å². The number of benzene rings is 1. The molecule has 20 heavy (non-hydrogen) atoms. The fourth-order valence-corrected chi connectivity index (χ4v) is 2.01. The van der Waals surface area contributed by atoms with Gasteiger partial charge in [-0.3, -0.25) is 4.98 Å². The molecule has 1 aromatic heterocycles. The van der Waals surface area contributed by atoms with Crippen molar-refractivity contribution in [1.29, 1.82) is 0 Å². The fourth-order valence-electron chi connectivity index (χ4n) is 2.01. The monoisotopic (exact) mass is 277 g/mol. The molecular formula is C15H13F2NO2. The van der Waals surface area contributed by atoms with Crippen molar-refractivity contribution in [2.75, 3.05) is 0 Å². The molecule has 0 aliphatic carbocycles. The lowest BCUT2D eigenvalue weighted by Gasteiger charge is -2.13. The second-order valence-electron chi connectivity index (χ2n) is 4.25. The Hall–Kier alpha value is -2.30. The number of hydrogen-bond donors (Lipinski definition) is 0. The molecule has 0 spiro atoms. The summed E-state index contributed by atoms with van der Waals surface area (Å²) < 4.78 is 32.5. The molecule has 104 valence electrons. The number of esters is 1. The van der Waals surface area contributed by atoms with E-state index in [-0.39, 0.29) is 16.7 Å². The molecule has 3 nitrogen and oxygen atoms in total. The summed E-state index contributed by atoms with van der Waals surface area (Å²) in [6, 6.07) is 2.36. The van der Waals surface area contributed by atoms with Gasteiger partial charge in [0.1, 0.15) is 5.75 Å². The predicted molar refractivity (Wildman–Crippen MR) is 71.6 cm³/mol. The summed E-state index contributed by atoms with van der Waals surface area (Å²) in [4.78, 5) is 15.7. The van der Waals surface area contributed by atoms with Gasteiger partial charge in [-0.2, -0.15) is 0 Å². The molecule has 0 atom stereocenters. The highest BCUT2D eigenvalue weighted by Crippen LogP contribution is 2.33. The molecule has 2 aromatic rings. The van der Waals surface area contributed by atoms with Crippen molar-refractivity contribution < 1.29 is 18.3 Å². The molecule has 0 amide bonds. The van der Waals surface area contributed by atoms with Crippen LogP contribution in [-0.4, -0.2) is 11.0 Å². The Kier molecular flexibility index (Phi) is 3.79. The number of hydrogen-bond acceptors (Lipinski definition) is 3. The van der Waals surface area contributed by atoms with Gasteiger partial charge in [-0.1, -0.05) is 13.5 Å². The molecule has 0 saturated heterocycles. The summed E-state index contributed by atoms with van der Waals surface area (Å²) in [5, 5.41) is -0.130. The molecule has 1 aromatic carbocycles. The Labute approximate surface area is 114 Å². The molecule has 0 aliphatic rings. The first-order chi connectivity index (χ1) is 9.49. The van der Waals surface area contributed by atoms with Gasteiger partial charge in [0.25, 0.3) is 0 Å². The summed E-state index contributed by atoms with van der Waals surface area (Å²) in [5.74, 6) is -2.83. The number of aryl methyl sites for hydroxylation is 1. The predicted octanol–water partition coefficient (Wildman–Crippen LogP) is 3.48. The van der Waals surface area contributed by atoms with E-state index in [0.717, 1.165) is 12.1 Å². The first kappa shape index (κ1) is 14.1. The fraction of sp³-hybridized carbons (Fsp3) is 0.200. The summed E-state index contributed by atoms with van der Waals surface area (Å²) in [6.45, 7) is 6.82. The third kappa shape index (κ3) is 2.27. The molecule has 2 rings (SSSR count). The molecule has 0 saturated carbocycles. The van der Waals surface area contributed by atoms with E-state index in [2.05, 4.69) is 11.6 Å². The van der Waals surface area contributed by atoms with E-state index < -0.39 is 17.6 Å². The van der Waals surface area contributed by atoms with Crippen LogP contribution in [0.2, 0.25) is 0 Å². The molecule has 0 aliphatic heterocycles. The minimum atomic E-state index is -1.08. The van der Waals surface area contributed by atoms with Crippen LogP contribution in [0.25, 0.3) is 10.9 Å². The molecular weight excluding hydrogens is 264 g/mol. The Balaban J connectivity index is 2.84. The quantitative estimate of drug-likeness (QED) is 0.637. The Morgan fingerprint density at radius 3 is 2.75 bits per heavy atom. The van der Waals surface area contributed by atoms with Gasteiger partial charge in [-0.05, 0) is 25.5 Å². The number of carbonyl (C=O) groups excluding carboxylic acids is 1. The minimum absolute atomic E-state index is 0.00579. The lowest BCUT2D eigenvalue weighted by Crippen LogP contribution is -2.08. The molecule has 0 fully saturated rings. The maximum atomic E-state index is 14.0. The van der Waals surface area contributed by atoms with Crippen LogP contribution in [0.15, 0.2) is 24.8 Å². The Bertz CT molecular complexity index is 711. The van der Waals surface area contributed by atoms with Gasteiger partial charge in [0.2, 0.25) is 0 Å². The Morgan fingerprint density at radius 2 is 2.15 bits per heavy atom. The van der Waals surface area contributed by atoms with Crippen molar-refractivity contribution in [2.45, 2.75) is 20.3 Å². The van der Waals surface area contributed by atoms with E-state index in [1.54, 1.807) is 6.92 Å². The van der Waals surface area contributed by atoms with E-state index in [4.69, 9.17) is 4.74 Å². The maximum absolute atomic E-state index is 14.0. The number of nitrogens with zero attached hydrogens (tertiary/aromatic N) is 1. The van der Waals surface area contributed by atoms with Gasteiger partial charge >= 0.3 is 5.97 Å². The molecule has 0 unspecified atom stereocenters. The lowest BCUT2D eigenvalue weighted by molar-refractivity contribution is -0.128. The number of halogens is 2. The molecule has 0 bridgehead atoms. The van der Waals surface area contributed by atoms with E-state index >= 15 is 0 Å². The van der Waals surface area contributed by atoms with Gasteiger partial charge in [0, 0.05) is 17.3 Å². The van der Waals surface area contributed by atoms with E-state index in [9.17, 15) is 13.6 Å². The topological polar surface area (TPSA) is 39.2 Å². The van der Waals surface area contributed by atoms with Crippen LogP contribution in [0.5, 0.6) is 5.75 Å². The van der Waals surface area contributed by atoms with Gasteiger partial charge in [-0.25, -0.2) is 13.6 Å². The third-order valence-electron chi connectivity index (χ3n) is 3.03. The average molecular weight is 277 g/mol. The zero-order chi connectivity index (χ0) is 14.9. The van der Waals surface area contributed by atoms with Crippen LogP contribution >= 0.6 is 0 Å². The maximum Gasteiger partial charge on any atom is 0.335 e. The van der Waals surface area contributed by atoms with Crippen LogP contribution in [0.3, 0.4) is 0 Å². The van der Waals surface area contributed by atoms with Gasteiger partial charge in [0.15, 0.2) is 11.6 Å². The van der Waals surface area contributed by atoms with Crippen LogP contribution in [0.1, 0.15) is 18.2 Å². The zero-order valence-electron chi connectivity index (χ0n) is 11.2. The largest absolute Gasteiger partial charge is 0.422 e. The number of fused-ring (bicyclic) bond motifs is 1. The number of rotatable bonds is 3. The zero-order valence-corrected chi connectivity index (χ0v) is 11.2. The van der Waals surface area contributed by atoms with Crippen LogP contribution in [0, 0.1) is 18.6 Å². The van der Waals surface area contributed by atoms with Crippen LogP contribution < -0.4 is 4.74 Å². The van der Waals surface area contributed by atoms with Crippen molar-refractivity contribution >= 4 is 16.9 Å². The van der Waals surface area contributed by atoms with Crippen molar-refractivity contribution in [3.63, 3.8) is 0 Å². The van der Waals surface area contributed by atoms with Crippen molar-refractivity contribution in [2.24, 2.45) is 0 Å². The average Bonchev–Trinajstić information content (AvgIpc) is 2.45. The van der Waals surface area contributed by atoms with E-state index in [1.165, 1.54) is 6.07 Å². The number of carbonyl (C=O) groups is 1. The summed E-state index contributed by atoms with van der Waals surface area (Å²) in [7, 11) is 0. The summed E-state index contributed by atoms with van der Waals surface area (Å²) in [6.07, 6.45) is 1.55. The molecule has 5 heteroatoms. The van der Waals surface area contributed by atoms with E-state index in [0.29, 0.717) is 17.7 Å². The molecule has 0 radical (unpaired) electrons. The molecule has 1 heterocycles. The number of pyridine rings is 1.